The van der Waals surface area contributed by atoms with Gasteiger partial charge >= 0.3 is 5.97 Å². The number of esters is 1. The van der Waals surface area contributed by atoms with Crippen molar-refractivity contribution in [1.82, 2.24) is 0 Å². The van der Waals surface area contributed by atoms with E-state index in [0.29, 0.717) is 16.3 Å². The highest BCUT2D eigenvalue weighted by Gasteiger charge is 2.20. The maximum atomic E-state index is 12.1. The number of benzene rings is 1. The Hall–Kier alpha value is -2.67. The van der Waals surface area contributed by atoms with Gasteiger partial charge in [-0.1, -0.05) is 0 Å². The molecule has 0 aliphatic heterocycles. The van der Waals surface area contributed by atoms with Gasteiger partial charge in [-0.15, -0.1) is 11.3 Å². The molecule has 126 valence electrons. The number of methoxy groups -OCH3 is 1. The van der Waals surface area contributed by atoms with Crippen LogP contribution in [0.25, 0.3) is 0 Å². The highest BCUT2D eigenvalue weighted by atomic mass is 32.1. The predicted molar refractivity (Wildman–Crippen MR) is 90.8 cm³/mol. The van der Waals surface area contributed by atoms with Crippen LogP contribution in [0.3, 0.4) is 0 Å². The van der Waals surface area contributed by atoms with Gasteiger partial charge in [-0.2, -0.15) is 0 Å². The lowest BCUT2D eigenvalue weighted by atomic mass is 10.3. The maximum Gasteiger partial charge on any atom is 0.349 e. The van der Waals surface area contributed by atoms with Crippen LogP contribution in [0.4, 0.5) is 5.69 Å². The number of hydrogen-bond donors (Lipinski definition) is 1. The molecule has 1 atom stereocenters. The van der Waals surface area contributed by atoms with Gasteiger partial charge in [0.25, 0.3) is 5.91 Å². The van der Waals surface area contributed by atoms with Gasteiger partial charge in [0, 0.05) is 5.69 Å². The summed E-state index contributed by atoms with van der Waals surface area (Å²) in [6.07, 6.45) is -0.970. The van der Waals surface area contributed by atoms with Crippen LogP contribution in [0.5, 0.6) is 5.75 Å². The first-order chi connectivity index (χ1) is 11.4. The summed E-state index contributed by atoms with van der Waals surface area (Å²) < 4.78 is 10.2. The van der Waals surface area contributed by atoms with E-state index < -0.39 is 18.0 Å². The molecule has 0 radical (unpaired) electrons. The zero-order chi connectivity index (χ0) is 17.7. The number of Topliss-reactive ketones (excluding diaryl/α,β-unsaturated/α-hetero) is 1. The molecule has 0 aliphatic carbocycles. The number of ketones is 1. The number of carbonyl (C=O) groups excluding carboxylic acids is 3. The van der Waals surface area contributed by atoms with Crippen LogP contribution in [0.2, 0.25) is 0 Å². The van der Waals surface area contributed by atoms with E-state index in [1.165, 1.54) is 19.9 Å². The molecule has 1 aromatic carbocycles. The minimum atomic E-state index is -0.970. The van der Waals surface area contributed by atoms with Crippen molar-refractivity contribution >= 4 is 34.7 Å². The molecule has 0 aliphatic rings. The first-order valence-electron chi connectivity index (χ1n) is 7.17. The van der Waals surface area contributed by atoms with Crippen LogP contribution in [0, 0.1) is 0 Å². The van der Waals surface area contributed by atoms with E-state index in [9.17, 15) is 14.4 Å². The quantitative estimate of drug-likeness (QED) is 0.641. The second kappa shape index (κ2) is 7.74. The van der Waals surface area contributed by atoms with E-state index in [2.05, 4.69) is 5.32 Å². The van der Waals surface area contributed by atoms with Gasteiger partial charge in [-0.25, -0.2) is 4.79 Å². The number of amides is 1. The van der Waals surface area contributed by atoms with Crippen molar-refractivity contribution in [3.05, 3.63) is 46.2 Å². The zero-order valence-electron chi connectivity index (χ0n) is 13.5. The van der Waals surface area contributed by atoms with E-state index in [1.54, 1.807) is 37.4 Å². The molecule has 0 saturated heterocycles. The Labute approximate surface area is 143 Å². The fraction of sp³-hybridized carbons (Fsp3) is 0.235. The van der Waals surface area contributed by atoms with Crippen LogP contribution >= 0.6 is 11.3 Å². The van der Waals surface area contributed by atoms with Gasteiger partial charge in [-0.05, 0) is 50.2 Å². The van der Waals surface area contributed by atoms with E-state index in [-0.39, 0.29) is 10.7 Å². The Morgan fingerprint density at radius 1 is 1.04 bits per heavy atom. The summed E-state index contributed by atoms with van der Waals surface area (Å²) in [7, 11) is 1.55. The van der Waals surface area contributed by atoms with Gasteiger partial charge in [-0.3, -0.25) is 9.59 Å². The molecule has 7 heteroatoms. The van der Waals surface area contributed by atoms with Crippen LogP contribution in [-0.4, -0.2) is 30.9 Å². The van der Waals surface area contributed by atoms with E-state index in [4.69, 9.17) is 9.47 Å². The summed E-state index contributed by atoms with van der Waals surface area (Å²) in [5.41, 5.74) is 0.568. The highest BCUT2D eigenvalue weighted by molar-refractivity contribution is 7.15. The molecule has 2 rings (SSSR count). The van der Waals surface area contributed by atoms with Crippen LogP contribution in [0.1, 0.15) is 33.2 Å². The molecule has 0 saturated carbocycles. The van der Waals surface area contributed by atoms with Crippen molar-refractivity contribution in [3.8, 4) is 5.75 Å². The Bertz CT molecular complexity index is 751. The number of nitrogens with one attached hydrogen (secondary N) is 1. The van der Waals surface area contributed by atoms with Crippen molar-refractivity contribution in [2.45, 2.75) is 20.0 Å². The smallest absolute Gasteiger partial charge is 0.349 e. The lowest BCUT2D eigenvalue weighted by Gasteiger charge is -2.13. The molecule has 2 aromatic rings. The predicted octanol–water partition coefficient (Wildman–Crippen LogP) is 3.14. The third-order valence-corrected chi connectivity index (χ3v) is 4.33. The normalized spacial score (nSPS) is 11.5. The third kappa shape index (κ3) is 4.42. The molecule has 0 fully saturated rings. The van der Waals surface area contributed by atoms with E-state index in [1.807, 2.05) is 0 Å². The maximum absolute atomic E-state index is 12.1. The Balaban J connectivity index is 1.94. The monoisotopic (exact) mass is 347 g/mol. The minimum absolute atomic E-state index is 0.121. The third-order valence-electron chi connectivity index (χ3n) is 3.16. The number of hydrogen-bond acceptors (Lipinski definition) is 6. The summed E-state index contributed by atoms with van der Waals surface area (Å²) in [5.74, 6) is -0.530. The fourth-order valence-corrected chi connectivity index (χ4v) is 2.61. The molecule has 1 unspecified atom stereocenters. The molecule has 0 bridgehead atoms. The number of ether oxygens (including phenoxy) is 2. The molecular weight excluding hydrogens is 330 g/mol. The Kier molecular flexibility index (Phi) is 5.70. The van der Waals surface area contributed by atoms with Crippen molar-refractivity contribution in [2.75, 3.05) is 12.4 Å². The summed E-state index contributed by atoms with van der Waals surface area (Å²) in [4.78, 5) is 36.1. The summed E-state index contributed by atoms with van der Waals surface area (Å²) in [5, 5.41) is 2.65. The molecule has 1 amide bonds. The highest BCUT2D eigenvalue weighted by Crippen LogP contribution is 2.19. The number of rotatable bonds is 6. The zero-order valence-corrected chi connectivity index (χ0v) is 14.3. The standard InChI is InChI=1S/C17H17NO5S/c1-10(19)14-8-9-15(24-14)17(21)23-11(2)16(20)18-12-4-6-13(22-3)7-5-12/h4-9,11H,1-3H3,(H,18,20). The largest absolute Gasteiger partial charge is 0.497 e. The molecule has 1 heterocycles. The first kappa shape index (κ1) is 17.7. The van der Waals surface area contributed by atoms with E-state index >= 15 is 0 Å². The van der Waals surface area contributed by atoms with Gasteiger partial charge in [0.2, 0.25) is 0 Å². The second-order valence-electron chi connectivity index (χ2n) is 4.99. The van der Waals surface area contributed by atoms with Crippen molar-refractivity contribution < 1.29 is 23.9 Å². The topological polar surface area (TPSA) is 81.7 Å². The SMILES string of the molecule is COc1ccc(NC(=O)C(C)OC(=O)c2ccc(C(C)=O)s2)cc1. The molecule has 1 aromatic heterocycles. The van der Waals surface area contributed by atoms with Crippen LogP contribution < -0.4 is 10.1 Å². The lowest BCUT2D eigenvalue weighted by molar-refractivity contribution is -0.123. The molecule has 0 spiro atoms. The number of anilines is 1. The summed E-state index contributed by atoms with van der Waals surface area (Å²) in [6.45, 7) is 2.90. The lowest BCUT2D eigenvalue weighted by Crippen LogP contribution is -2.29. The van der Waals surface area contributed by atoms with Gasteiger partial charge in [0.1, 0.15) is 10.6 Å². The molecular formula is C17H17NO5S. The van der Waals surface area contributed by atoms with E-state index in [0.717, 1.165) is 11.3 Å². The van der Waals surface area contributed by atoms with Gasteiger partial charge in [0.05, 0.1) is 12.0 Å². The average molecular weight is 347 g/mol. The first-order valence-corrected chi connectivity index (χ1v) is 7.99. The van der Waals surface area contributed by atoms with Crippen molar-refractivity contribution in [3.63, 3.8) is 0 Å². The van der Waals surface area contributed by atoms with Crippen molar-refractivity contribution in [1.29, 1.82) is 0 Å². The molecule has 6 nitrogen and oxygen atoms in total. The average Bonchev–Trinajstić information content (AvgIpc) is 3.06. The number of carbonyl (C=O) groups is 3. The van der Waals surface area contributed by atoms with Gasteiger partial charge in [0.15, 0.2) is 11.9 Å². The molecule has 24 heavy (non-hydrogen) atoms. The fourth-order valence-electron chi connectivity index (χ4n) is 1.83. The molecule has 1 N–H and O–H groups in total. The van der Waals surface area contributed by atoms with Gasteiger partial charge < -0.3 is 14.8 Å². The van der Waals surface area contributed by atoms with Crippen LogP contribution in [0.15, 0.2) is 36.4 Å². The Morgan fingerprint density at radius 2 is 1.67 bits per heavy atom. The number of thiophene rings is 1. The Morgan fingerprint density at radius 3 is 2.21 bits per heavy atom. The van der Waals surface area contributed by atoms with Crippen molar-refractivity contribution in [2.24, 2.45) is 0 Å². The second-order valence-corrected chi connectivity index (χ2v) is 6.07. The summed E-state index contributed by atoms with van der Waals surface area (Å²) >= 11 is 1.04. The minimum Gasteiger partial charge on any atom is -0.497 e. The summed E-state index contributed by atoms with van der Waals surface area (Å²) in [6, 6.07) is 9.86. The van der Waals surface area contributed by atoms with Crippen LogP contribution in [-0.2, 0) is 9.53 Å².